The molecule has 0 aromatic heterocycles. The van der Waals surface area contributed by atoms with Gasteiger partial charge < -0.3 is 24.6 Å². The molecule has 1 aromatic rings. The van der Waals surface area contributed by atoms with E-state index in [-0.39, 0.29) is 49.1 Å². The third-order valence-electron chi connectivity index (χ3n) is 5.23. The van der Waals surface area contributed by atoms with Crippen molar-refractivity contribution in [2.75, 3.05) is 64.4 Å². The topological polar surface area (TPSA) is 126 Å². The van der Waals surface area contributed by atoms with Crippen molar-refractivity contribution in [2.45, 2.75) is 18.7 Å². The first kappa shape index (κ1) is 24.0. The molecule has 0 spiro atoms. The predicted molar refractivity (Wildman–Crippen MR) is 115 cm³/mol. The highest BCUT2D eigenvalue weighted by Gasteiger charge is 2.33. The first-order valence-electron chi connectivity index (χ1n) is 10.5. The number of hydrogen-bond donors (Lipinski definition) is 1. The molecule has 2 aliphatic heterocycles. The summed E-state index contributed by atoms with van der Waals surface area (Å²) in [6.45, 7) is 5.60. The summed E-state index contributed by atoms with van der Waals surface area (Å²) in [6, 6.07) is 4.36. The minimum Gasteiger partial charge on any atom is -0.492 e. The fourth-order valence-electron chi connectivity index (χ4n) is 3.53. The van der Waals surface area contributed by atoms with Crippen LogP contribution in [0.5, 0.6) is 5.75 Å². The molecular weight excluding hydrogens is 440 g/mol. The van der Waals surface area contributed by atoms with Crippen LogP contribution >= 0.6 is 0 Å². The maximum absolute atomic E-state index is 13.2. The molecule has 1 aromatic carbocycles. The van der Waals surface area contributed by atoms with Gasteiger partial charge in [-0.2, -0.15) is 4.31 Å². The zero-order valence-electron chi connectivity index (χ0n) is 18.2. The van der Waals surface area contributed by atoms with E-state index < -0.39 is 27.7 Å². The van der Waals surface area contributed by atoms with Crippen LogP contribution in [-0.2, 0) is 29.1 Å². The number of morpholine rings is 1. The van der Waals surface area contributed by atoms with Crippen LogP contribution in [0.2, 0.25) is 0 Å². The van der Waals surface area contributed by atoms with E-state index in [1.54, 1.807) is 13.8 Å². The van der Waals surface area contributed by atoms with Gasteiger partial charge in [-0.25, -0.2) is 8.42 Å². The second kappa shape index (κ2) is 10.3. The van der Waals surface area contributed by atoms with Crippen LogP contribution in [0.15, 0.2) is 23.1 Å². The van der Waals surface area contributed by atoms with Gasteiger partial charge in [0.1, 0.15) is 17.2 Å². The Hall–Kier alpha value is -2.70. The summed E-state index contributed by atoms with van der Waals surface area (Å²) < 4.78 is 38.4. The zero-order valence-corrected chi connectivity index (χ0v) is 19.0. The first-order valence-corrected chi connectivity index (χ1v) is 11.9. The molecule has 3 rings (SSSR count). The van der Waals surface area contributed by atoms with Crippen LogP contribution in [0, 0.1) is 0 Å². The molecule has 2 aliphatic rings. The summed E-state index contributed by atoms with van der Waals surface area (Å²) in [5.41, 5.74) is 0.247. The lowest BCUT2D eigenvalue weighted by atomic mass is 10.2. The van der Waals surface area contributed by atoms with Crippen molar-refractivity contribution in [3.63, 3.8) is 0 Å². The van der Waals surface area contributed by atoms with Gasteiger partial charge in [0, 0.05) is 38.4 Å². The molecule has 32 heavy (non-hydrogen) atoms. The highest BCUT2D eigenvalue weighted by atomic mass is 32.2. The summed E-state index contributed by atoms with van der Waals surface area (Å²) in [6.07, 6.45) is 0. The van der Waals surface area contributed by atoms with Crippen LogP contribution in [0.4, 0.5) is 5.69 Å². The Bertz CT molecular complexity index is 976. The van der Waals surface area contributed by atoms with Gasteiger partial charge >= 0.3 is 11.8 Å². The summed E-state index contributed by atoms with van der Waals surface area (Å²) in [4.78, 5) is 39.3. The van der Waals surface area contributed by atoms with Gasteiger partial charge in [0.25, 0.3) is 0 Å². The van der Waals surface area contributed by atoms with Gasteiger partial charge in [0.15, 0.2) is 0 Å². The van der Waals surface area contributed by atoms with Crippen molar-refractivity contribution in [3.05, 3.63) is 18.2 Å². The van der Waals surface area contributed by atoms with E-state index in [1.165, 1.54) is 32.3 Å². The number of likely N-dealkylation sites (N-methyl/N-ethyl adjacent to an activating group) is 1. The maximum Gasteiger partial charge on any atom is 0.312 e. The fraction of sp³-hybridized carbons (Fsp3) is 0.550. The number of carbonyl (C=O) groups excluding carboxylic acids is 3. The molecular formula is C20H28N4O7S. The maximum atomic E-state index is 13.2. The summed E-state index contributed by atoms with van der Waals surface area (Å²) in [7, 11) is -3.86. The van der Waals surface area contributed by atoms with Crippen molar-refractivity contribution in [2.24, 2.45) is 0 Å². The van der Waals surface area contributed by atoms with Crippen LogP contribution in [0.3, 0.4) is 0 Å². The number of amides is 3. The van der Waals surface area contributed by atoms with E-state index in [0.29, 0.717) is 26.3 Å². The number of nitrogens with zero attached hydrogens (tertiary/aromatic N) is 3. The van der Waals surface area contributed by atoms with Crippen molar-refractivity contribution in [3.8, 4) is 5.75 Å². The Morgan fingerprint density at radius 1 is 1.06 bits per heavy atom. The Labute approximate surface area is 187 Å². The van der Waals surface area contributed by atoms with Crippen molar-refractivity contribution in [1.29, 1.82) is 0 Å². The van der Waals surface area contributed by atoms with Gasteiger partial charge in [0.2, 0.25) is 15.9 Å². The van der Waals surface area contributed by atoms with Crippen molar-refractivity contribution in [1.82, 2.24) is 14.1 Å². The lowest BCUT2D eigenvalue weighted by molar-refractivity contribution is -0.156. The number of ether oxygens (including phenoxy) is 2. The van der Waals surface area contributed by atoms with E-state index in [1.807, 2.05) is 0 Å². The molecule has 0 aliphatic carbocycles. The first-order chi connectivity index (χ1) is 15.3. The molecule has 0 bridgehead atoms. The largest absolute Gasteiger partial charge is 0.492 e. The summed E-state index contributed by atoms with van der Waals surface area (Å²) in [5, 5.41) is 2.61. The highest BCUT2D eigenvalue weighted by Crippen LogP contribution is 2.30. The number of carbonyl (C=O) groups is 3. The van der Waals surface area contributed by atoms with Gasteiger partial charge in [-0.15, -0.1) is 0 Å². The standard InChI is InChI=1S/C20H28N4O7S/c1-3-22-7-8-23(20(27)19(22)26)14-18(25)21-15-5-6-16(31-4-2)17(13-15)32(28,29)24-9-11-30-12-10-24/h5-6,13H,3-4,7-12,14H2,1-2H3,(H,21,25). The molecule has 0 unspecified atom stereocenters. The van der Waals surface area contributed by atoms with Gasteiger partial charge in [-0.05, 0) is 32.0 Å². The van der Waals surface area contributed by atoms with E-state index >= 15 is 0 Å². The highest BCUT2D eigenvalue weighted by molar-refractivity contribution is 7.89. The second-order valence-electron chi connectivity index (χ2n) is 7.27. The molecule has 0 radical (unpaired) electrons. The van der Waals surface area contributed by atoms with Crippen LogP contribution in [-0.4, -0.2) is 99.3 Å². The molecule has 0 atom stereocenters. The van der Waals surface area contributed by atoms with Crippen LogP contribution in [0.1, 0.15) is 13.8 Å². The Morgan fingerprint density at radius 3 is 2.38 bits per heavy atom. The molecule has 2 heterocycles. The normalized spacial score (nSPS) is 18.1. The summed E-state index contributed by atoms with van der Waals surface area (Å²) >= 11 is 0. The second-order valence-corrected chi connectivity index (χ2v) is 9.18. The lowest BCUT2D eigenvalue weighted by Crippen LogP contribution is -2.55. The number of nitrogens with one attached hydrogen (secondary N) is 1. The monoisotopic (exact) mass is 468 g/mol. The quantitative estimate of drug-likeness (QED) is 0.521. The third kappa shape index (κ3) is 5.19. The Kier molecular flexibility index (Phi) is 7.69. The lowest BCUT2D eigenvalue weighted by Gasteiger charge is -2.32. The smallest absolute Gasteiger partial charge is 0.312 e. The molecule has 2 saturated heterocycles. The van der Waals surface area contributed by atoms with Gasteiger partial charge in [-0.1, -0.05) is 0 Å². The Balaban J connectivity index is 1.75. The molecule has 176 valence electrons. The molecule has 11 nitrogen and oxygen atoms in total. The van der Waals surface area contributed by atoms with E-state index in [2.05, 4.69) is 5.32 Å². The Morgan fingerprint density at radius 2 is 1.72 bits per heavy atom. The molecule has 3 amide bonds. The average Bonchev–Trinajstić information content (AvgIpc) is 2.79. The fourth-order valence-corrected chi connectivity index (χ4v) is 5.09. The SMILES string of the molecule is CCOc1ccc(NC(=O)CN2CCN(CC)C(=O)C2=O)cc1S(=O)(=O)N1CCOCC1. The van der Waals surface area contributed by atoms with Gasteiger partial charge in [0.05, 0.1) is 19.8 Å². The van der Waals surface area contributed by atoms with Crippen molar-refractivity contribution < 1.29 is 32.3 Å². The van der Waals surface area contributed by atoms with Crippen molar-refractivity contribution >= 4 is 33.4 Å². The summed E-state index contributed by atoms with van der Waals surface area (Å²) in [5.74, 6) is -1.70. The molecule has 2 fully saturated rings. The van der Waals surface area contributed by atoms with E-state index in [9.17, 15) is 22.8 Å². The number of benzene rings is 1. The average molecular weight is 469 g/mol. The zero-order chi connectivity index (χ0) is 23.3. The number of hydrogen-bond acceptors (Lipinski definition) is 7. The van der Waals surface area contributed by atoms with Gasteiger partial charge in [-0.3, -0.25) is 14.4 Å². The molecule has 12 heteroatoms. The number of rotatable bonds is 8. The van der Waals surface area contributed by atoms with Crippen LogP contribution in [0.25, 0.3) is 0 Å². The minimum atomic E-state index is -3.86. The minimum absolute atomic E-state index is 0.0538. The number of sulfonamides is 1. The number of piperazine rings is 1. The predicted octanol–water partition coefficient (Wildman–Crippen LogP) is -0.265. The van der Waals surface area contributed by atoms with E-state index in [4.69, 9.17) is 9.47 Å². The molecule has 0 saturated carbocycles. The third-order valence-corrected chi connectivity index (χ3v) is 7.15. The van der Waals surface area contributed by atoms with E-state index in [0.717, 1.165) is 0 Å². The molecule has 1 N–H and O–H groups in total. The number of anilines is 1. The van der Waals surface area contributed by atoms with Crippen LogP contribution < -0.4 is 10.1 Å².